The quantitative estimate of drug-likeness (QED) is 0.322. The van der Waals surface area contributed by atoms with Gasteiger partial charge in [0, 0.05) is 49.7 Å². The summed E-state index contributed by atoms with van der Waals surface area (Å²) in [5.41, 5.74) is 11.7. The van der Waals surface area contributed by atoms with Crippen LogP contribution in [0.25, 0.3) is 16.7 Å². The summed E-state index contributed by atoms with van der Waals surface area (Å²) in [5, 5.41) is 3.19. The molecule has 2 aliphatic heterocycles. The predicted molar refractivity (Wildman–Crippen MR) is 163 cm³/mol. The van der Waals surface area contributed by atoms with Crippen LogP contribution in [0.4, 0.5) is 5.69 Å². The van der Waals surface area contributed by atoms with E-state index < -0.39 is 0 Å². The highest BCUT2D eigenvalue weighted by molar-refractivity contribution is 6.08. The zero-order valence-electron chi connectivity index (χ0n) is 23.9. The zero-order chi connectivity index (χ0) is 27.9. The molecule has 0 saturated heterocycles. The fraction of sp³-hybridized carbons (Fsp3) is 0.371. The molecular weight excluding hydrogens is 510 g/mol. The molecule has 0 spiro atoms. The molecule has 1 aromatic heterocycles. The fourth-order valence-electron chi connectivity index (χ4n) is 7.21. The number of fused-ring (bicyclic) bond motifs is 10. The van der Waals surface area contributed by atoms with Gasteiger partial charge in [0.15, 0.2) is 0 Å². The Morgan fingerprint density at radius 3 is 2.80 bits per heavy atom. The number of rotatable bonds is 9. The zero-order valence-corrected chi connectivity index (χ0v) is 23.9. The van der Waals surface area contributed by atoms with E-state index in [1.165, 1.54) is 27.9 Å². The van der Waals surface area contributed by atoms with Crippen molar-refractivity contribution < 1.29 is 14.3 Å². The van der Waals surface area contributed by atoms with Crippen LogP contribution in [0.2, 0.25) is 0 Å². The van der Waals surface area contributed by atoms with Crippen molar-refractivity contribution in [3.8, 4) is 16.9 Å². The first-order valence-electron chi connectivity index (χ1n) is 15.0. The van der Waals surface area contributed by atoms with E-state index in [2.05, 4.69) is 58.6 Å². The smallest absolute Gasteiger partial charge is 0.252 e. The number of methoxy groups -OCH3 is 1. The molecule has 0 saturated carbocycles. The normalized spacial score (nSPS) is 19.6. The van der Waals surface area contributed by atoms with Gasteiger partial charge < -0.3 is 19.7 Å². The van der Waals surface area contributed by atoms with E-state index in [1.807, 2.05) is 24.4 Å². The molecular formula is C35H37N3O3. The summed E-state index contributed by atoms with van der Waals surface area (Å²) >= 11 is 0. The molecule has 6 heteroatoms. The molecule has 2 unspecified atom stereocenters. The first-order chi connectivity index (χ1) is 20.2. The van der Waals surface area contributed by atoms with Gasteiger partial charge in [-0.2, -0.15) is 0 Å². The van der Waals surface area contributed by atoms with Crippen molar-refractivity contribution in [2.45, 2.75) is 57.5 Å². The summed E-state index contributed by atoms with van der Waals surface area (Å²) in [6.07, 6.45) is 13.9. The van der Waals surface area contributed by atoms with Crippen molar-refractivity contribution in [1.82, 2.24) is 10.3 Å². The Kier molecular flexibility index (Phi) is 6.87. The highest BCUT2D eigenvalue weighted by Crippen LogP contribution is 2.55. The number of allylic oxidation sites excluding steroid dienone is 2. The average molecular weight is 548 g/mol. The Morgan fingerprint density at radius 1 is 1.07 bits per heavy atom. The van der Waals surface area contributed by atoms with E-state index in [-0.39, 0.29) is 17.9 Å². The SMILES string of the molecule is CCCCOCCCN1c2c3c(c4c(c2C2C=C(c5ccccn5)C=CC21)CNC4=O)-c1ccc(OC)cc1CC3. The van der Waals surface area contributed by atoms with E-state index >= 15 is 0 Å². The summed E-state index contributed by atoms with van der Waals surface area (Å²) in [6.45, 7) is 5.27. The number of nitrogens with zero attached hydrogens (tertiary/aromatic N) is 2. The van der Waals surface area contributed by atoms with E-state index in [9.17, 15) is 4.79 Å². The van der Waals surface area contributed by atoms with Gasteiger partial charge in [-0.05, 0) is 83.3 Å². The Balaban J connectivity index is 1.37. The molecule has 210 valence electrons. The van der Waals surface area contributed by atoms with Crippen LogP contribution in [0.1, 0.15) is 70.4 Å². The van der Waals surface area contributed by atoms with Gasteiger partial charge in [-0.3, -0.25) is 9.78 Å². The lowest BCUT2D eigenvalue weighted by molar-refractivity contribution is 0.0966. The number of ether oxygens (including phenoxy) is 2. The molecule has 2 aliphatic carbocycles. The second-order valence-corrected chi connectivity index (χ2v) is 11.4. The lowest BCUT2D eigenvalue weighted by atomic mass is 9.77. The van der Waals surface area contributed by atoms with Crippen molar-refractivity contribution >= 4 is 17.2 Å². The van der Waals surface area contributed by atoms with Crippen LogP contribution >= 0.6 is 0 Å². The topological polar surface area (TPSA) is 63.7 Å². The number of aromatic nitrogens is 1. The number of hydrogen-bond acceptors (Lipinski definition) is 5. The van der Waals surface area contributed by atoms with Crippen molar-refractivity contribution in [3.63, 3.8) is 0 Å². The molecule has 6 nitrogen and oxygen atoms in total. The number of anilines is 1. The number of pyridine rings is 1. The summed E-state index contributed by atoms with van der Waals surface area (Å²) in [7, 11) is 1.71. The van der Waals surface area contributed by atoms with Crippen LogP contribution in [-0.4, -0.2) is 43.8 Å². The molecule has 7 rings (SSSR count). The van der Waals surface area contributed by atoms with E-state index in [0.717, 1.165) is 85.6 Å². The van der Waals surface area contributed by atoms with Gasteiger partial charge in [0.25, 0.3) is 5.91 Å². The number of nitrogens with one attached hydrogen (secondary N) is 1. The second-order valence-electron chi connectivity index (χ2n) is 11.4. The Labute approximate surface area is 242 Å². The number of aryl methyl sites for hydroxylation is 1. The molecule has 2 atom stereocenters. The number of carbonyl (C=O) groups is 1. The van der Waals surface area contributed by atoms with Crippen LogP contribution in [0.5, 0.6) is 5.75 Å². The van der Waals surface area contributed by atoms with E-state index in [1.54, 1.807) is 7.11 Å². The second kappa shape index (κ2) is 10.8. The van der Waals surface area contributed by atoms with Crippen LogP contribution in [-0.2, 0) is 24.1 Å². The Hall–Kier alpha value is -3.90. The molecule has 41 heavy (non-hydrogen) atoms. The molecule has 3 aromatic rings. The minimum absolute atomic E-state index is 0.0438. The van der Waals surface area contributed by atoms with Crippen LogP contribution in [0, 0.1) is 0 Å². The molecule has 3 heterocycles. The van der Waals surface area contributed by atoms with Crippen LogP contribution in [0.3, 0.4) is 0 Å². The fourth-order valence-corrected chi connectivity index (χ4v) is 7.21. The van der Waals surface area contributed by atoms with Gasteiger partial charge in [0.1, 0.15) is 5.75 Å². The summed E-state index contributed by atoms with van der Waals surface area (Å²) in [5.74, 6) is 1.07. The Bertz CT molecular complexity index is 1560. The molecule has 4 aliphatic rings. The van der Waals surface area contributed by atoms with Crippen molar-refractivity contribution in [2.75, 3.05) is 31.8 Å². The first-order valence-corrected chi connectivity index (χ1v) is 15.0. The number of benzene rings is 2. The van der Waals surface area contributed by atoms with Gasteiger partial charge >= 0.3 is 0 Å². The van der Waals surface area contributed by atoms with Gasteiger partial charge in [-0.25, -0.2) is 0 Å². The van der Waals surface area contributed by atoms with Crippen LogP contribution < -0.4 is 15.0 Å². The maximum atomic E-state index is 13.5. The van der Waals surface area contributed by atoms with Crippen LogP contribution in [0.15, 0.2) is 60.8 Å². The lowest BCUT2D eigenvalue weighted by Gasteiger charge is -2.32. The minimum atomic E-state index is 0.0438. The molecule has 0 radical (unpaired) electrons. The third kappa shape index (κ3) is 4.36. The summed E-state index contributed by atoms with van der Waals surface area (Å²) < 4.78 is 11.5. The largest absolute Gasteiger partial charge is 0.497 e. The lowest BCUT2D eigenvalue weighted by Crippen LogP contribution is -2.35. The summed E-state index contributed by atoms with van der Waals surface area (Å²) in [4.78, 5) is 20.7. The van der Waals surface area contributed by atoms with E-state index in [4.69, 9.17) is 9.47 Å². The molecule has 1 N–H and O–H groups in total. The monoisotopic (exact) mass is 547 g/mol. The standard InChI is InChI=1S/C35H37N3O3/c1-3-4-17-41-18-7-16-38-30-14-10-23(29-8-5-6-15-36-29)20-27(30)32-28-21-37-35(39)33(28)31-25-13-11-24(40-2)19-22(25)9-12-26(31)34(32)38/h5-6,8,10-11,13-15,19-20,27,30H,3-4,7,9,12,16-18,21H2,1-2H3,(H,37,39). The van der Waals surface area contributed by atoms with Gasteiger partial charge in [-0.1, -0.05) is 43.7 Å². The average Bonchev–Trinajstić information content (AvgIpc) is 3.56. The van der Waals surface area contributed by atoms with Gasteiger partial charge in [0.05, 0.1) is 24.4 Å². The van der Waals surface area contributed by atoms with Crippen molar-refractivity contribution in [1.29, 1.82) is 0 Å². The highest BCUT2D eigenvalue weighted by Gasteiger charge is 2.45. The predicted octanol–water partition coefficient (Wildman–Crippen LogP) is 6.23. The molecule has 2 aromatic carbocycles. The van der Waals surface area contributed by atoms with Gasteiger partial charge in [-0.15, -0.1) is 0 Å². The number of carbonyl (C=O) groups excluding carboxylic acids is 1. The maximum Gasteiger partial charge on any atom is 0.252 e. The molecule has 1 amide bonds. The molecule has 0 bridgehead atoms. The summed E-state index contributed by atoms with van der Waals surface area (Å²) in [6, 6.07) is 12.6. The number of amides is 1. The van der Waals surface area contributed by atoms with Crippen molar-refractivity contribution in [3.05, 3.63) is 94.3 Å². The highest BCUT2D eigenvalue weighted by atomic mass is 16.5. The third-order valence-electron chi connectivity index (χ3n) is 9.07. The third-order valence-corrected chi connectivity index (χ3v) is 9.07. The Morgan fingerprint density at radius 2 is 1.98 bits per heavy atom. The van der Waals surface area contributed by atoms with E-state index in [0.29, 0.717) is 6.54 Å². The number of unbranched alkanes of at least 4 members (excludes halogenated alkanes) is 1. The number of hydrogen-bond donors (Lipinski definition) is 1. The molecule has 0 fully saturated rings. The minimum Gasteiger partial charge on any atom is -0.497 e. The van der Waals surface area contributed by atoms with Crippen molar-refractivity contribution in [2.24, 2.45) is 0 Å². The van der Waals surface area contributed by atoms with Gasteiger partial charge in [0.2, 0.25) is 0 Å². The maximum absolute atomic E-state index is 13.5. The first kappa shape index (κ1) is 26.0.